The molecule has 0 spiro atoms. The summed E-state index contributed by atoms with van der Waals surface area (Å²) in [5.41, 5.74) is -0.652. The smallest absolute Gasteiger partial charge is 0.248 e. The van der Waals surface area contributed by atoms with Gasteiger partial charge >= 0.3 is 6.18 Å². The standard InChI is InChI=1S/C10H11F4N/c1-7(11)5-6-8-3-2-4-9(15-8)10(12,13)14/h2-4,7H,5-6H2,1H3. The highest BCUT2D eigenvalue weighted by atomic mass is 19.4. The van der Waals surface area contributed by atoms with Gasteiger partial charge in [0.25, 0.3) is 0 Å². The Morgan fingerprint density at radius 1 is 1.33 bits per heavy atom. The van der Waals surface area contributed by atoms with Gasteiger partial charge in [0, 0.05) is 5.69 Å². The predicted octanol–water partition coefficient (Wildman–Crippen LogP) is 3.39. The lowest BCUT2D eigenvalue weighted by atomic mass is 10.1. The van der Waals surface area contributed by atoms with Crippen LogP contribution in [0.15, 0.2) is 18.2 Å². The second-order valence-electron chi connectivity index (χ2n) is 3.33. The van der Waals surface area contributed by atoms with Crippen LogP contribution in [0, 0.1) is 0 Å². The van der Waals surface area contributed by atoms with E-state index in [1.807, 2.05) is 0 Å². The van der Waals surface area contributed by atoms with Crippen LogP contribution >= 0.6 is 0 Å². The van der Waals surface area contributed by atoms with Crippen molar-refractivity contribution in [2.24, 2.45) is 0 Å². The number of pyridine rings is 1. The number of aryl methyl sites for hydroxylation is 1. The molecule has 84 valence electrons. The van der Waals surface area contributed by atoms with Gasteiger partial charge in [0.2, 0.25) is 0 Å². The lowest BCUT2D eigenvalue weighted by molar-refractivity contribution is -0.141. The Bertz CT molecular complexity index is 319. The molecule has 0 saturated heterocycles. The normalized spacial score (nSPS) is 13.9. The van der Waals surface area contributed by atoms with Gasteiger partial charge in [-0.3, -0.25) is 0 Å². The molecule has 0 N–H and O–H groups in total. The van der Waals surface area contributed by atoms with E-state index >= 15 is 0 Å². The van der Waals surface area contributed by atoms with E-state index in [-0.39, 0.29) is 18.5 Å². The summed E-state index contributed by atoms with van der Waals surface area (Å²) >= 11 is 0. The number of hydrogen-bond acceptors (Lipinski definition) is 1. The molecule has 1 atom stereocenters. The molecule has 0 saturated carbocycles. The van der Waals surface area contributed by atoms with Crippen molar-refractivity contribution >= 4 is 0 Å². The minimum atomic E-state index is -4.43. The van der Waals surface area contributed by atoms with E-state index < -0.39 is 18.0 Å². The molecule has 1 rings (SSSR count). The topological polar surface area (TPSA) is 12.9 Å². The Kier molecular flexibility index (Phi) is 3.66. The molecule has 1 unspecified atom stereocenters. The summed E-state index contributed by atoms with van der Waals surface area (Å²) in [7, 11) is 0. The van der Waals surface area contributed by atoms with Crippen LogP contribution in [0.3, 0.4) is 0 Å². The summed E-state index contributed by atoms with van der Waals surface area (Å²) in [5, 5.41) is 0. The SMILES string of the molecule is CC(F)CCc1cccc(C(F)(F)F)n1. The van der Waals surface area contributed by atoms with Gasteiger partial charge in [-0.25, -0.2) is 9.37 Å². The lowest BCUT2D eigenvalue weighted by Crippen LogP contribution is -2.09. The fraction of sp³-hybridized carbons (Fsp3) is 0.500. The van der Waals surface area contributed by atoms with Crippen molar-refractivity contribution in [2.75, 3.05) is 0 Å². The third-order valence-corrected chi connectivity index (χ3v) is 1.90. The van der Waals surface area contributed by atoms with Gasteiger partial charge in [-0.05, 0) is 31.9 Å². The van der Waals surface area contributed by atoms with E-state index in [4.69, 9.17) is 0 Å². The number of aromatic nitrogens is 1. The summed E-state index contributed by atoms with van der Waals surface area (Å²) in [6, 6.07) is 3.66. The number of hydrogen-bond donors (Lipinski definition) is 0. The fourth-order valence-electron chi connectivity index (χ4n) is 1.12. The third-order valence-electron chi connectivity index (χ3n) is 1.90. The van der Waals surface area contributed by atoms with Gasteiger partial charge in [0.05, 0.1) is 6.17 Å². The van der Waals surface area contributed by atoms with Gasteiger partial charge in [-0.15, -0.1) is 0 Å². The summed E-state index contributed by atoms with van der Waals surface area (Å²) < 4.78 is 49.2. The Morgan fingerprint density at radius 3 is 2.53 bits per heavy atom. The Balaban J connectivity index is 2.75. The zero-order valence-corrected chi connectivity index (χ0v) is 8.18. The predicted molar refractivity (Wildman–Crippen MR) is 48.1 cm³/mol. The molecular weight excluding hydrogens is 210 g/mol. The number of rotatable bonds is 3. The molecule has 1 nitrogen and oxygen atoms in total. The van der Waals surface area contributed by atoms with Gasteiger partial charge in [0.1, 0.15) is 5.69 Å². The molecule has 0 aliphatic rings. The molecule has 0 amide bonds. The Morgan fingerprint density at radius 2 is 2.00 bits per heavy atom. The highest BCUT2D eigenvalue weighted by molar-refractivity contribution is 5.13. The first-order chi connectivity index (χ1) is 6.89. The molecule has 1 aromatic heterocycles. The summed E-state index contributed by atoms with van der Waals surface area (Å²) in [6.45, 7) is 1.37. The number of nitrogens with zero attached hydrogens (tertiary/aromatic N) is 1. The summed E-state index contributed by atoms with van der Waals surface area (Å²) in [6.07, 6.45) is -5.05. The molecule has 0 bridgehead atoms. The van der Waals surface area contributed by atoms with Crippen LogP contribution in [0.5, 0.6) is 0 Å². The molecule has 0 fully saturated rings. The molecular formula is C10H11F4N. The molecule has 5 heteroatoms. The Hall–Kier alpha value is -1.13. The largest absolute Gasteiger partial charge is 0.433 e. The van der Waals surface area contributed by atoms with Crippen molar-refractivity contribution in [1.82, 2.24) is 4.98 Å². The maximum Gasteiger partial charge on any atom is 0.433 e. The van der Waals surface area contributed by atoms with Crippen LogP contribution in [-0.4, -0.2) is 11.2 Å². The first kappa shape index (κ1) is 11.9. The minimum absolute atomic E-state index is 0.189. The first-order valence-electron chi connectivity index (χ1n) is 4.57. The molecule has 0 aliphatic heterocycles. The zero-order valence-electron chi connectivity index (χ0n) is 8.18. The highest BCUT2D eigenvalue weighted by Crippen LogP contribution is 2.27. The van der Waals surface area contributed by atoms with Crippen molar-refractivity contribution in [3.8, 4) is 0 Å². The van der Waals surface area contributed by atoms with Crippen LogP contribution in [0.25, 0.3) is 0 Å². The molecule has 1 heterocycles. The second kappa shape index (κ2) is 4.59. The molecule has 15 heavy (non-hydrogen) atoms. The molecule has 0 aromatic carbocycles. The van der Waals surface area contributed by atoms with Gasteiger partial charge in [-0.2, -0.15) is 13.2 Å². The second-order valence-corrected chi connectivity index (χ2v) is 3.33. The zero-order chi connectivity index (χ0) is 11.5. The maximum atomic E-state index is 12.5. The van der Waals surface area contributed by atoms with Crippen LogP contribution < -0.4 is 0 Å². The highest BCUT2D eigenvalue weighted by Gasteiger charge is 2.32. The van der Waals surface area contributed by atoms with E-state index in [0.29, 0.717) is 0 Å². The van der Waals surface area contributed by atoms with Crippen LogP contribution in [0.2, 0.25) is 0 Å². The summed E-state index contributed by atoms with van der Waals surface area (Å²) in [5.74, 6) is 0. The summed E-state index contributed by atoms with van der Waals surface area (Å²) in [4.78, 5) is 3.42. The van der Waals surface area contributed by atoms with E-state index in [0.717, 1.165) is 6.07 Å². The number of halogens is 4. The van der Waals surface area contributed by atoms with Crippen molar-refractivity contribution in [3.63, 3.8) is 0 Å². The van der Waals surface area contributed by atoms with Gasteiger partial charge < -0.3 is 0 Å². The fourth-order valence-corrected chi connectivity index (χ4v) is 1.12. The quantitative estimate of drug-likeness (QED) is 0.713. The Labute approximate surface area is 85.1 Å². The van der Waals surface area contributed by atoms with Crippen LogP contribution in [-0.2, 0) is 12.6 Å². The van der Waals surface area contributed by atoms with Crippen LogP contribution in [0.1, 0.15) is 24.7 Å². The average Bonchev–Trinajstić information content (AvgIpc) is 2.14. The monoisotopic (exact) mass is 221 g/mol. The van der Waals surface area contributed by atoms with E-state index in [1.54, 1.807) is 0 Å². The first-order valence-corrected chi connectivity index (χ1v) is 4.57. The van der Waals surface area contributed by atoms with Gasteiger partial charge in [-0.1, -0.05) is 6.07 Å². The van der Waals surface area contributed by atoms with Crippen LogP contribution in [0.4, 0.5) is 17.6 Å². The van der Waals surface area contributed by atoms with E-state index in [2.05, 4.69) is 4.98 Å². The van der Waals surface area contributed by atoms with Gasteiger partial charge in [0.15, 0.2) is 0 Å². The lowest BCUT2D eigenvalue weighted by Gasteiger charge is -2.07. The minimum Gasteiger partial charge on any atom is -0.248 e. The van der Waals surface area contributed by atoms with Crippen molar-refractivity contribution in [2.45, 2.75) is 32.1 Å². The van der Waals surface area contributed by atoms with E-state index in [1.165, 1.54) is 19.1 Å². The van der Waals surface area contributed by atoms with Crippen molar-refractivity contribution in [1.29, 1.82) is 0 Å². The van der Waals surface area contributed by atoms with Crippen molar-refractivity contribution < 1.29 is 17.6 Å². The molecule has 1 aromatic rings. The third kappa shape index (κ3) is 3.85. The maximum absolute atomic E-state index is 12.5. The number of alkyl halides is 4. The van der Waals surface area contributed by atoms with E-state index in [9.17, 15) is 17.6 Å². The molecule has 0 aliphatic carbocycles. The molecule has 0 radical (unpaired) electrons. The average molecular weight is 221 g/mol. The van der Waals surface area contributed by atoms with Crippen molar-refractivity contribution in [3.05, 3.63) is 29.6 Å².